The van der Waals surface area contributed by atoms with Gasteiger partial charge in [-0.25, -0.2) is 4.57 Å². The summed E-state index contributed by atoms with van der Waals surface area (Å²) in [6, 6.07) is 25.5. The van der Waals surface area contributed by atoms with Gasteiger partial charge < -0.3 is 0 Å². The molecule has 2 fully saturated rings. The van der Waals surface area contributed by atoms with Crippen LogP contribution in [0.4, 0.5) is 0 Å². The number of aryl methyl sites for hydroxylation is 2. The van der Waals surface area contributed by atoms with Crippen LogP contribution in [0.1, 0.15) is 74.5 Å². The van der Waals surface area contributed by atoms with Crippen LogP contribution >= 0.6 is 0 Å². The molecule has 6 rings (SSSR count). The minimum Gasteiger partial charge on any atom is -0.201 e. The van der Waals surface area contributed by atoms with Crippen molar-refractivity contribution in [2.45, 2.75) is 64.7 Å². The second kappa shape index (κ2) is 8.94. The second-order valence-corrected chi connectivity index (χ2v) is 11.5. The van der Waals surface area contributed by atoms with Crippen LogP contribution in [0.2, 0.25) is 0 Å². The van der Waals surface area contributed by atoms with Crippen molar-refractivity contribution in [3.05, 3.63) is 89.6 Å². The zero-order chi connectivity index (χ0) is 24.1. The molecule has 2 unspecified atom stereocenters. The molecular weight excluding hydrogens is 422 g/mol. The molecule has 0 spiro atoms. The summed E-state index contributed by atoms with van der Waals surface area (Å²) in [4.78, 5) is 0. The van der Waals surface area contributed by atoms with Crippen LogP contribution in [0, 0.1) is 18.8 Å². The van der Waals surface area contributed by atoms with Gasteiger partial charge in [0, 0.05) is 17.2 Å². The van der Waals surface area contributed by atoms with Crippen molar-refractivity contribution in [1.29, 1.82) is 0 Å². The van der Waals surface area contributed by atoms with Crippen molar-refractivity contribution >= 4 is 10.8 Å². The van der Waals surface area contributed by atoms with Gasteiger partial charge in [-0.15, -0.1) is 0 Å². The zero-order valence-electron chi connectivity index (χ0n) is 21.7. The van der Waals surface area contributed by atoms with Crippen molar-refractivity contribution in [3.8, 4) is 22.4 Å². The molecule has 0 amide bonds. The minimum atomic E-state index is 0.460. The van der Waals surface area contributed by atoms with Crippen LogP contribution in [0.25, 0.3) is 33.2 Å². The van der Waals surface area contributed by atoms with Crippen molar-refractivity contribution in [2.75, 3.05) is 0 Å². The fourth-order valence-electron chi connectivity index (χ4n) is 7.03. The van der Waals surface area contributed by atoms with Crippen molar-refractivity contribution < 1.29 is 4.57 Å². The van der Waals surface area contributed by atoms with Crippen molar-refractivity contribution in [2.24, 2.45) is 18.9 Å². The van der Waals surface area contributed by atoms with Gasteiger partial charge >= 0.3 is 0 Å². The monoisotopic (exact) mass is 460 g/mol. The van der Waals surface area contributed by atoms with E-state index in [1.165, 1.54) is 76.4 Å². The molecule has 0 saturated heterocycles. The highest BCUT2D eigenvalue weighted by atomic mass is 14.9. The smallest absolute Gasteiger partial charge is 0.201 e. The average molecular weight is 461 g/mol. The van der Waals surface area contributed by atoms with Crippen LogP contribution in [0.3, 0.4) is 0 Å². The van der Waals surface area contributed by atoms with Crippen LogP contribution in [0.15, 0.2) is 72.9 Å². The summed E-state index contributed by atoms with van der Waals surface area (Å²) in [5.41, 5.74) is 9.52. The van der Waals surface area contributed by atoms with Gasteiger partial charge in [0.1, 0.15) is 7.05 Å². The Balaban J connectivity index is 1.40. The molecule has 0 N–H and O–H groups in total. The molecule has 35 heavy (non-hydrogen) atoms. The van der Waals surface area contributed by atoms with Gasteiger partial charge in [-0.2, -0.15) is 0 Å². The van der Waals surface area contributed by atoms with Crippen LogP contribution < -0.4 is 4.57 Å². The zero-order valence-corrected chi connectivity index (χ0v) is 21.7. The molecule has 2 aliphatic rings. The molecule has 1 heteroatoms. The number of rotatable bonds is 4. The Morgan fingerprint density at radius 3 is 2.26 bits per heavy atom. The Morgan fingerprint density at radius 1 is 0.800 bits per heavy atom. The SMILES string of the molecule is Cc1ccccc1-c1cc(-c2ccc3cc(C4CC5CCCC5C4)ccc3c2)c(C(C)C)c[n+]1C. The standard InChI is InChI=1S/C34H38N/c1-22(2)33-21-35(4)34(31-11-6-5-8-23(31)3)20-32(33)29-15-14-26-16-28(13-12-27(26)17-29)30-18-24-9-7-10-25(24)19-30/h5-6,8,11-17,20-22,24-25,30H,7,9-10,18-19H2,1-4H3/q+1. The first-order valence-electron chi connectivity index (χ1n) is 13.6. The average Bonchev–Trinajstić information content (AvgIpc) is 3.46. The van der Waals surface area contributed by atoms with Crippen LogP contribution in [-0.4, -0.2) is 0 Å². The van der Waals surface area contributed by atoms with Gasteiger partial charge in [-0.3, -0.25) is 0 Å². The first-order valence-corrected chi connectivity index (χ1v) is 13.6. The third-order valence-corrected chi connectivity index (χ3v) is 8.99. The Hall–Kier alpha value is -2.93. The molecule has 0 bridgehead atoms. The van der Waals surface area contributed by atoms with E-state index in [2.05, 4.69) is 105 Å². The highest BCUT2D eigenvalue weighted by Gasteiger charge is 2.37. The molecule has 1 heterocycles. The largest absolute Gasteiger partial charge is 0.213 e. The molecule has 178 valence electrons. The molecule has 3 aromatic carbocycles. The van der Waals surface area contributed by atoms with E-state index in [4.69, 9.17) is 0 Å². The van der Waals surface area contributed by atoms with E-state index >= 15 is 0 Å². The topological polar surface area (TPSA) is 3.88 Å². The molecule has 2 aliphatic carbocycles. The lowest BCUT2D eigenvalue weighted by atomic mass is 9.89. The number of pyridine rings is 1. The second-order valence-electron chi connectivity index (χ2n) is 11.5. The normalized spacial score (nSPS) is 21.7. The van der Waals surface area contributed by atoms with E-state index in [0.717, 1.165) is 17.8 Å². The fourth-order valence-corrected chi connectivity index (χ4v) is 7.03. The number of hydrogen-bond donors (Lipinski definition) is 0. The molecule has 2 saturated carbocycles. The number of hydrogen-bond acceptors (Lipinski definition) is 0. The predicted molar refractivity (Wildman–Crippen MR) is 148 cm³/mol. The summed E-state index contributed by atoms with van der Waals surface area (Å²) >= 11 is 0. The van der Waals surface area contributed by atoms with Gasteiger partial charge in [0.2, 0.25) is 5.69 Å². The summed E-state index contributed by atoms with van der Waals surface area (Å²) in [5, 5.41) is 2.74. The van der Waals surface area contributed by atoms with Gasteiger partial charge in [0.25, 0.3) is 0 Å². The first kappa shape index (κ1) is 22.5. The summed E-state index contributed by atoms with van der Waals surface area (Å²) < 4.78 is 2.30. The highest BCUT2D eigenvalue weighted by molar-refractivity contribution is 5.89. The van der Waals surface area contributed by atoms with Crippen LogP contribution in [-0.2, 0) is 7.05 Å². The minimum absolute atomic E-state index is 0.460. The molecule has 0 radical (unpaired) electrons. The molecule has 1 aromatic heterocycles. The van der Waals surface area contributed by atoms with Crippen LogP contribution in [0.5, 0.6) is 0 Å². The third-order valence-electron chi connectivity index (χ3n) is 8.99. The number of aromatic nitrogens is 1. The van der Waals surface area contributed by atoms with E-state index in [-0.39, 0.29) is 0 Å². The lowest BCUT2D eigenvalue weighted by Gasteiger charge is -2.16. The highest BCUT2D eigenvalue weighted by Crippen LogP contribution is 2.50. The quantitative estimate of drug-likeness (QED) is 0.268. The molecule has 2 atom stereocenters. The number of fused-ring (bicyclic) bond motifs is 2. The Kier molecular flexibility index (Phi) is 5.75. The van der Waals surface area contributed by atoms with Crippen molar-refractivity contribution in [3.63, 3.8) is 0 Å². The van der Waals surface area contributed by atoms with Gasteiger partial charge in [0.15, 0.2) is 6.20 Å². The Morgan fingerprint density at radius 2 is 1.51 bits per heavy atom. The first-order chi connectivity index (χ1) is 17.0. The van der Waals surface area contributed by atoms with E-state index < -0.39 is 0 Å². The van der Waals surface area contributed by atoms with Gasteiger partial charge in [-0.1, -0.05) is 81.6 Å². The van der Waals surface area contributed by atoms with Gasteiger partial charge in [-0.05, 0) is 88.6 Å². The van der Waals surface area contributed by atoms with E-state index in [0.29, 0.717) is 5.92 Å². The lowest BCUT2D eigenvalue weighted by molar-refractivity contribution is -0.660. The molecular formula is C34H38N+. The van der Waals surface area contributed by atoms with E-state index in [1.807, 2.05) is 0 Å². The van der Waals surface area contributed by atoms with E-state index in [9.17, 15) is 0 Å². The molecule has 4 aromatic rings. The van der Waals surface area contributed by atoms with Crippen molar-refractivity contribution in [1.82, 2.24) is 0 Å². The Labute approximate surface area is 210 Å². The molecule has 0 aliphatic heterocycles. The third kappa shape index (κ3) is 4.10. The summed E-state index contributed by atoms with van der Waals surface area (Å²) in [5.74, 6) is 3.22. The number of nitrogens with zero attached hydrogens (tertiary/aromatic N) is 1. The van der Waals surface area contributed by atoms with Gasteiger partial charge in [0.05, 0.1) is 0 Å². The number of benzene rings is 3. The molecule has 1 nitrogen and oxygen atoms in total. The summed E-state index contributed by atoms with van der Waals surface area (Å²) in [6.07, 6.45) is 9.56. The van der Waals surface area contributed by atoms with E-state index in [1.54, 1.807) is 5.56 Å². The maximum absolute atomic E-state index is 2.48. The summed E-state index contributed by atoms with van der Waals surface area (Å²) in [7, 11) is 2.18. The maximum Gasteiger partial charge on any atom is 0.213 e. The predicted octanol–water partition coefficient (Wildman–Crippen LogP) is 8.72. The lowest BCUT2D eigenvalue weighted by Crippen LogP contribution is -2.32. The fraction of sp³-hybridized carbons (Fsp3) is 0.382. The summed E-state index contributed by atoms with van der Waals surface area (Å²) in [6.45, 7) is 6.81. The Bertz CT molecular complexity index is 1380. The maximum atomic E-state index is 2.48.